The van der Waals surface area contributed by atoms with Crippen LogP contribution in [-0.4, -0.2) is 16.1 Å². The zero-order valence-corrected chi connectivity index (χ0v) is 8.07. The molecule has 4 N–H and O–H groups in total. The second-order valence-corrected chi connectivity index (χ2v) is 3.20. The molecule has 2 aromatic heterocycles. The van der Waals surface area contributed by atoms with Gasteiger partial charge in [-0.15, -0.1) is 0 Å². The van der Waals surface area contributed by atoms with Crippen LogP contribution in [0.4, 0.5) is 5.69 Å². The number of nitrogens with one attached hydrogen (secondary N) is 1. The third-order valence-electron chi connectivity index (χ3n) is 2.21. The molecule has 78 valence electrons. The van der Waals surface area contributed by atoms with E-state index in [0.717, 1.165) is 0 Å². The maximum atomic E-state index is 10.9. The molecular formula is C10H10N2O3. The SMILES string of the molecule is Cc1[nH]c(-c2ccco2)c(N)c1C(=O)O. The molecule has 2 heterocycles. The van der Waals surface area contributed by atoms with E-state index in [9.17, 15) is 4.79 Å². The lowest BCUT2D eigenvalue weighted by molar-refractivity contribution is 0.0697. The number of aromatic carboxylic acids is 1. The molecule has 2 rings (SSSR count). The van der Waals surface area contributed by atoms with Gasteiger partial charge in [0.25, 0.3) is 0 Å². The van der Waals surface area contributed by atoms with Gasteiger partial charge in [-0.05, 0) is 19.1 Å². The Bertz CT molecular complexity index is 497. The number of nitrogens with two attached hydrogens (primary N) is 1. The van der Waals surface area contributed by atoms with E-state index in [0.29, 0.717) is 17.1 Å². The van der Waals surface area contributed by atoms with Crippen LogP contribution in [0.5, 0.6) is 0 Å². The average molecular weight is 206 g/mol. The van der Waals surface area contributed by atoms with Crippen molar-refractivity contribution in [3.8, 4) is 11.5 Å². The Kier molecular flexibility index (Phi) is 2.00. The van der Waals surface area contributed by atoms with Gasteiger partial charge in [0.15, 0.2) is 5.76 Å². The topological polar surface area (TPSA) is 92.3 Å². The Balaban J connectivity index is 2.61. The monoisotopic (exact) mass is 206 g/mol. The van der Waals surface area contributed by atoms with Gasteiger partial charge in [-0.3, -0.25) is 0 Å². The maximum Gasteiger partial charge on any atom is 0.339 e. The summed E-state index contributed by atoms with van der Waals surface area (Å²) in [5.74, 6) is -0.512. The molecule has 0 aromatic carbocycles. The molecule has 0 saturated heterocycles. The number of aromatic amines is 1. The maximum absolute atomic E-state index is 10.9. The van der Waals surface area contributed by atoms with E-state index >= 15 is 0 Å². The van der Waals surface area contributed by atoms with E-state index in [-0.39, 0.29) is 11.3 Å². The number of rotatable bonds is 2. The quantitative estimate of drug-likeness (QED) is 0.699. The molecule has 0 amide bonds. The molecular weight excluding hydrogens is 196 g/mol. The first-order chi connectivity index (χ1) is 7.11. The second kappa shape index (κ2) is 3.20. The predicted molar refractivity (Wildman–Crippen MR) is 54.6 cm³/mol. The van der Waals surface area contributed by atoms with Crippen molar-refractivity contribution in [2.24, 2.45) is 0 Å². The normalized spacial score (nSPS) is 10.5. The molecule has 15 heavy (non-hydrogen) atoms. The number of anilines is 1. The highest BCUT2D eigenvalue weighted by Crippen LogP contribution is 2.30. The summed E-state index contributed by atoms with van der Waals surface area (Å²) >= 11 is 0. The fourth-order valence-electron chi connectivity index (χ4n) is 1.54. The van der Waals surface area contributed by atoms with Crippen LogP contribution in [0, 0.1) is 6.92 Å². The zero-order chi connectivity index (χ0) is 11.0. The third-order valence-corrected chi connectivity index (χ3v) is 2.21. The summed E-state index contributed by atoms with van der Waals surface area (Å²) in [4.78, 5) is 13.8. The number of carboxylic acid groups (broad SMARTS) is 1. The number of hydrogen-bond acceptors (Lipinski definition) is 3. The minimum atomic E-state index is -1.04. The van der Waals surface area contributed by atoms with Crippen molar-refractivity contribution in [3.63, 3.8) is 0 Å². The summed E-state index contributed by atoms with van der Waals surface area (Å²) in [6.07, 6.45) is 1.51. The highest BCUT2D eigenvalue weighted by Gasteiger charge is 2.20. The van der Waals surface area contributed by atoms with Gasteiger partial charge in [0.1, 0.15) is 11.3 Å². The lowest BCUT2D eigenvalue weighted by Crippen LogP contribution is -2.01. The van der Waals surface area contributed by atoms with E-state index < -0.39 is 5.97 Å². The Morgan fingerprint density at radius 1 is 1.60 bits per heavy atom. The smallest absolute Gasteiger partial charge is 0.339 e. The van der Waals surface area contributed by atoms with E-state index in [1.54, 1.807) is 19.1 Å². The highest BCUT2D eigenvalue weighted by molar-refractivity contribution is 5.99. The third kappa shape index (κ3) is 1.38. The van der Waals surface area contributed by atoms with E-state index in [1.807, 2.05) is 0 Å². The summed E-state index contributed by atoms with van der Waals surface area (Å²) in [5, 5.41) is 8.93. The molecule has 0 bridgehead atoms. The Hall–Kier alpha value is -2.17. The first kappa shape index (κ1) is 9.39. The van der Waals surface area contributed by atoms with Crippen molar-refractivity contribution < 1.29 is 14.3 Å². The van der Waals surface area contributed by atoms with Crippen molar-refractivity contribution in [1.29, 1.82) is 0 Å². The van der Waals surface area contributed by atoms with Gasteiger partial charge in [-0.1, -0.05) is 0 Å². The Morgan fingerprint density at radius 2 is 2.33 bits per heavy atom. The van der Waals surface area contributed by atoms with Crippen LogP contribution < -0.4 is 5.73 Å². The average Bonchev–Trinajstić information content (AvgIpc) is 2.72. The minimum absolute atomic E-state index is 0.0985. The van der Waals surface area contributed by atoms with Gasteiger partial charge < -0.3 is 20.2 Å². The molecule has 0 fully saturated rings. The van der Waals surface area contributed by atoms with Crippen LogP contribution in [-0.2, 0) is 0 Å². The molecule has 0 unspecified atom stereocenters. The molecule has 0 aliphatic heterocycles. The minimum Gasteiger partial charge on any atom is -0.478 e. The van der Waals surface area contributed by atoms with E-state index in [2.05, 4.69) is 4.98 Å². The molecule has 5 nitrogen and oxygen atoms in total. The van der Waals surface area contributed by atoms with Crippen LogP contribution in [0.15, 0.2) is 22.8 Å². The van der Waals surface area contributed by atoms with Crippen molar-refractivity contribution in [2.75, 3.05) is 5.73 Å². The molecule has 0 atom stereocenters. The fraction of sp³-hybridized carbons (Fsp3) is 0.100. The fourth-order valence-corrected chi connectivity index (χ4v) is 1.54. The first-order valence-corrected chi connectivity index (χ1v) is 4.36. The van der Waals surface area contributed by atoms with Crippen molar-refractivity contribution in [2.45, 2.75) is 6.92 Å². The number of carbonyl (C=O) groups is 1. The van der Waals surface area contributed by atoms with Gasteiger partial charge in [0, 0.05) is 5.69 Å². The number of nitrogen functional groups attached to an aromatic ring is 1. The Morgan fingerprint density at radius 3 is 2.80 bits per heavy atom. The summed E-state index contributed by atoms with van der Waals surface area (Å²) in [6, 6.07) is 3.43. The first-order valence-electron chi connectivity index (χ1n) is 4.36. The van der Waals surface area contributed by atoms with E-state index in [4.69, 9.17) is 15.3 Å². The van der Waals surface area contributed by atoms with Crippen LogP contribution in [0.1, 0.15) is 16.1 Å². The molecule has 0 saturated carbocycles. The molecule has 0 spiro atoms. The predicted octanol–water partition coefficient (Wildman–Crippen LogP) is 1.86. The lowest BCUT2D eigenvalue weighted by atomic mass is 10.2. The molecule has 5 heteroatoms. The van der Waals surface area contributed by atoms with Crippen LogP contribution in [0.25, 0.3) is 11.5 Å². The van der Waals surface area contributed by atoms with Gasteiger partial charge in [-0.25, -0.2) is 4.79 Å². The van der Waals surface area contributed by atoms with Gasteiger partial charge in [0.2, 0.25) is 0 Å². The highest BCUT2D eigenvalue weighted by atomic mass is 16.4. The van der Waals surface area contributed by atoms with Gasteiger partial charge in [0.05, 0.1) is 12.0 Å². The molecule has 0 aliphatic rings. The number of aromatic nitrogens is 1. The lowest BCUT2D eigenvalue weighted by Gasteiger charge is -1.95. The van der Waals surface area contributed by atoms with Crippen molar-refractivity contribution in [1.82, 2.24) is 4.98 Å². The molecule has 2 aromatic rings. The molecule has 0 aliphatic carbocycles. The number of hydrogen-bond donors (Lipinski definition) is 3. The summed E-state index contributed by atoms with van der Waals surface area (Å²) in [5.41, 5.74) is 7.06. The number of aryl methyl sites for hydroxylation is 1. The summed E-state index contributed by atoms with van der Waals surface area (Å²) < 4.78 is 5.14. The number of H-pyrrole nitrogens is 1. The van der Waals surface area contributed by atoms with Gasteiger partial charge in [-0.2, -0.15) is 0 Å². The standard InChI is InChI=1S/C10H10N2O3/c1-5-7(10(13)14)8(11)9(12-5)6-3-2-4-15-6/h2-4,12H,11H2,1H3,(H,13,14). The largest absolute Gasteiger partial charge is 0.478 e. The second-order valence-electron chi connectivity index (χ2n) is 3.20. The van der Waals surface area contributed by atoms with Gasteiger partial charge >= 0.3 is 5.97 Å². The van der Waals surface area contributed by atoms with Crippen LogP contribution >= 0.6 is 0 Å². The van der Waals surface area contributed by atoms with Crippen molar-refractivity contribution >= 4 is 11.7 Å². The Labute approximate surface area is 85.5 Å². The number of carboxylic acids is 1. The summed E-state index contributed by atoms with van der Waals surface area (Å²) in [7, 11) is 0. The van der Waals surface area contributed by atoms with Crippen LogP contribution in [0.3, 0.4) is 0 Å². The van der Waals surface area contributed by atoms with Crippen LogP contribution in [0.2, 0.25) is 0 Å². The van der Waals surface area contributed by atoms with E-state index in [1.165, 1.54) is 6.26 Å². The zero-order valence-electron chi connectivity index (χ0n) is 8.07. The summed E-state index contributed by atoms with van der Waals surface area (Å²) in [6.45, 7) is 1.66. The van der Waals surface area contributed by atoms with Crippen molar-refractivity contribution in [3.05, 3.63) is 29.7 Å². The number of furan rings is 1. The molecule has 0 radical (unpaired) electrons.